The highest BCUT2D eigenvalue weighted by molar-refractivity contribution is 5.62. The first-order valence-corrected chi connectivity index (χ1v) is 6.63. The molecule has 0 radical (unpaired) electrons. The van der Waals surface area contributed by atoms with E-state index in [1.165, 1.54) is 0 Å². The lowest BCUT2D eigenvalue weighted by Crippen LogP contribution is -2.23. The number of benzene rings is 1. The number of rotatable bonds is 7. The van der Waals surface area contributed by atoms with Crippen molar-refractivity contribution >= 4 is 5.69 Å². The van der Waals surface area contributed by atoms with E-state index in [-0.39, 0.29) is 0 Å². The predicted octanol–water partition coefficient (Wildman–Crippen LogP) is 3.56. The lowest BCUT2D eigenvalue weighted by Gasteiger charge is -2.22. The zero-order valence-corrected chi connectivity index (χ0v) is 12.7. The van der Waals surface area contributed by atoms with Crippen LogP contribution in [0.4, 0.5) is 5.69 Å². The molecule has 4 nitrogen and oxygen atoms in total. The highest BCUT2D eigenvalue weighted by Gasteiger charge is 2.15. The molecule has 1 N–H and O–H groups in total. The first-order valence-electron chi connectivity index (χ1n) is 6.63. The van der Waals surface area contributed by atoms with Gasteiger partial charge in [-0.3, -0.25) is 0 Å². The van der Waals surface area contributed by atoms with E-state index in [4.69, 9.17) is 14.2 Å². The molecule has 1 aromatic carbocycles. The average molecular weight is 267 g/mol. The van der Waals surface area contributed by atoms with E-state index >= 15 is 0 Å². The van der Waals surface area contributed by atoms with Crippen LogP contribution in [-0.2, 0) is 0 Å². The van der Waals surface area contributed by atoms with Gasteiger partial charge in [-0.05, 0) is 12.8 Å². The molecule has 0 aliphatic rings. The molecule has 2 unspecified atom stereocenters. The first kappa shape index (κ1) is 15.5. The van der Waals surface area contributed by atoms with Crippen molar-refractivity contribution in [3.63, 3.8) is 0 Å². The molecule has 0 aliphatic carbocycles. The van der Waals surface area contributed by atoms with Crippen molar-refractivity contribution in [3.8, 4) is 17.2 Å². The second-order valence-electron chi connectivity index (χ2n) is 4.73. The summed E-state index contributed by atoms with van der Waals surface area (Å²) in [4.78, 5) is 0. The topological polar surface area (TPSA) is 39.7 Å². The van der Waals surface area contributed by atoms with E-state index in [1.807, 2.05) is 12.1 Å². The third-order valence-corrected chi connectivity index (χ3v) is 3.56. The van der Waals surface area contributed by atoms with Gasteiger partial charge in [0, 0.05) is 23.9 Å². The van der Waals surface area contributed by atoms with Gasteiger partial charge in [-0.2, -0.15) is 0 Å². The Morgan fingerprint density at radius 1 is 1.00 bits per heavy atom. The molecular weight excluding hydrogens is 242 g/mol. The third kappa shape index (κ3) is 3.69. The third-order valence-electron chi connectivity index (χ3n) is 3.56. The summed E-state index contributed by atoms with van der Waals surface area (Å²) in [7, 11) is 4.85. The number of nitrogens with one attached hydrogen (secondary N) is 1. The van der Waals surface area contributed by atoms with Crippen molar-refractivity contribution in [2.75, 3.05) is 26.6 Å². The molecule has 0 fully saturated rings. The van der Waals surface area contributed by atoms with Gasteiger partial charge in [-0.15, -0.1) is 0 Å². The maximum Gasteiger partial charge on any atom is 0.203 e. The van der Waals surface area contributed by atoms with Gasteiger partial charge in [0.05, 0.1) is 21.3 Å². The van der Waals surface area contributed by atoms with Gasteiger partial charge in [0.25, 0.3) is 0 Å². The number of hydrogen-bond acceptors (Lipinski definition) is 4. The molecule has 108 valence electrons. The minimum Gasteiger partial charge on any atom is -0.493 e. The molecule has 0 aromatic heterocycles. The molecule has 0 spiro atoms. The summed E-state index contributed by atoms with van der Waals surface area (Å²) in [5.41, 5.74) is 0.974. The number of ether oxygens (including phenoxy) is 3. The maximum absolute atomic E-state index is 5.34. The van der Waals surface area contributed by atoms with Crippen LogP contribution < -0.4 is 19.5 Å². The van der Waals surface area contributed by atoms with Crippen LogP contribution in [0.25, 0.3) is 0 Å². The Morgan fingerprint density at radius 2 is 1.53 bits per heavy atom. The Labute approximate surface area is 116 Å². The van der Waals surface area contributed by atoms with E-state index in [0.29, 0.717) is 29.2 Å². The van der Waals surface area contributed by atoms with Crippen LogP contribution in [0.2, 0.25) is 0 Å². The summed E-state index contributed by atoms with van der Waals surface area (Å²) >= 11 is 0. The Morgan fingerprint density at radius 3 is 1.89 bits per heavy atom. The van der Waals surface area contributed by atoms with Gasteiger partial charge in [0.15, 0.2) is 11.5 Å². The van der Waals surface area contributed by atoms with Crippen molar-refractivity contribution in [2.45, 2.75) is 33.2 Å². The fraction of sp³-hybridized carbons (Fsp3) is 0.600. The largest absolute Gasteiger partial charge is 0.493 e. The fourth-order valence-electron chi connectivity index (χ4n) is 1.92. The van der Waals surface area contributed by atoms with Gasteiger partial charge in [0.2, 0.25) is 5.75 Å². The SMILES string of the molecule is CCC(C)C(C)Nc1cc(OC)c(OC)c(OC)c1. The van der Waals surface area contributed by atoms with Crippen LogP contribution in [0.5, 0.6) is 17.2 Å². The van der Waals surface area contributed by atoms with Gasteiger partial charge in [-0.1, -0.05) is 20.3 Å². The molecule has 0 bridgehead atoms. The summed E-state index contributed by atoms with van der Waals surface area (Å²) < 4.78 is 16.0. The number of anilines is 1. The second kappa shape index (κ2) is 7.12. The minimum atomic E-state index is 0.382. The van der Waals surface area contributed by atoms with Crippen molar-refractivity contribution in [2.24, 2.45) is 5.92 Å². The van der Waals surface area contributed by atoms with Crippen LogP contribution in [0.3, 0.4) is 0 Å². The van der Waals surface area contributed by atoms with Gasteiger partial charge < -0.3 is 19.5 Å². The summed E-state index contributed by atoms with van der Waals surface area (Å²) in [6.45, 7) is 6.60. The van der Waals surface area contributed by atoms with Crippen LogP contribution >= 0.6 is 0 Å². The highest BCUT2D eigenvalue weighted by atomic mass is 16.5. The molecule has 0 saturated carbocycles. The molecule has 19 heavy (non-hydrogen) atoms. The maximum atomic E-state index is 5.34. The van der Waals surface area contributed by atoms with E-state index < -0.39 is 0 Å². The second-order valence-corrected chi connectivity index (χ2v) is 4.73. The van der Waals surface area contributed by atoms with Gasteiger partial charge >= 0.3 is 0 Å². The van der Waals surface area contributed by atoms with E-state index in [0.717, 1.165) is 12.1 Å². The van der Waals surface area contributed by atoms with Crippen molar-refractivity contribution < 1.29 is 14.2 Å². The van der Waals surface area contributed by atoms with Crippen LogP contribution in [0.1, 0.15) is 27.2 Å². The van der Waals surface area contributed by atoms with Gasteiger partial charge in [-0.25, -0.2) is 0 Å². The lowest BCUT2D eigenvalue weighted by atomic mass is 10.0. The quantitative estimate of drug-likeness (QED) is 0.820. The van der Waals surface area contributed by atoms with Crippen molar-refractivity contribution in [3.05, 3.63) is 12.1 Å². The number of hydrogen-bond donors (Lipinski definition) is 1. The van der Waals surface area contributed by atoms with E-state index in [1.54, 1.807) is 21.3 Å². The summed E-state index contributed by atoms with van der Waals surface area (Å²) in [6.07, 6.45) is 1.14. The van der Waals surface area contributed by atoms with E-state index in [9.17, 15) is 0 Å². The van der Waals surface area contributed by atoms with Crippen molar-refractivity contribution in [1.29, 1.82) is 0 Å². The molecule has 0 aliphatic heterocycles. The Kier molecular flexibility index (Phi) is 5.80. The van der Waals surface area contributed by atoms with Crippen molar-refractivity contribution in [1.82, 2.24) is 0 Å². The molecule has 1 aromatic rings. The van der Waals surface area contributed by atoms with Gasteiger partial charge in [0.1, 0.15) is 0 Å². The number of methoxy groups -OCH3 is 3. The molecule has 0 amide bonds. The average Bonchev–Trinajstić information content (AvgIpc) is 2.44. The Hall–Kier alpha value is -1.58. The fourth-order valence-corrected chi connectivity index (χ4v) is 1.92. The zero-order valence-electron chi connectivity index (χ0n) is 12.7. The predicted molar refractivity (Wildman–Crippen MR) is 78.6 cm³/mol. The smallest absolute Gasteiger partial charge is 0.203 e. The minimum absolute atomic E-state index is 0.382. The summed E-state index contributed by atoms with van der Waals surface area (Å²) in [5, 5.41) is 3.48. The van der Waals surface area contributed by atoms with Crippen LogP contribution in [0, 0.1) is 5.92 Å². The first-order chi connectivity index (χ1) is 9.07. The van der Waals surface area contributed by atoms with Crippen LogP contribution in [0.15, 0.2) is 12.1 Å². The molecule has 0 heterocycles. The Balaban J connectivity index is 3.02. The Bertz CT molecular complexity index is 381. The van der Waals surface area contributed by atoms with Crippen LogP contribution in [-0.4, -0.2) is 27.4 Å². The summed E-state index contributed by atoms with van der Waals surface area (Å²) in [6, 6.07) is 4.24. The standard InChI is InChI=1S/C15H25NO3/c1-7-10(2)11(3)16-12-8-13(17-4)15(19-6)14(9-12)18-5/h8-11,16H,7H2,1-6H3. The monoisotopic (exact) mass is 267 g/mol. The molecule has 4 heteroatoms. The molecule has 0 saturated heterocycles. The van der Waals surface area contributed by atoms with E-state index in [2.05, 4.69) is 26.1 Å². The normalized spacial score (nSPS) is 13.6. The molecular formula is C15H25NO3. The molecule has 1 rings (SSSR count). The highest BCUT2D eigenvalue weighted by Crippen LogP contribution is 2.40. The lowest BCUT2D eigenvalue weighted by molar-refractivity contribution is 0.324. The zero-order chi connectivity index (χ0) is 14.4. The molecule has 2 atom stereocenters. The summed E-state index contributed by atoms with van der Waals surface area (Å²) in [5.74, 6) is 2.55.